The van der Waals surface area contributed by atoms with Crippen LogP contribution >= 0.6 is 24.8 Å². The molecule has 1 atom stereocenters. The minimum Gasteiger partial charge on any atom is -0.427 e. The molecular formula is C20H27Cl2N3O3. The lowest BCUT2D eigenvalue weighted by Crippen LogP contribution is -2.30. The van der Waals surface area contributed by atoms with Crippen LogP contribution in [0.1, 0.15) is 40.4 Å². The van der Waals surface area contributed by atoms with Crippen LogP contribution in [0.15, 0.2) is 39.5 Å². The maximum atomic E-state index is 12.6. The van der Waals surface area contributed by atoms with Crippen molar-refractivity contribution >= 4 is 42.1 Å². The quantitative estimate of drug-likeness (QED) is 0.779. The van der Waals surface area contributed by atoms with Crippen LogP contribution in [0, 0.1) is 6.92 Å². The molecule has 2 N–H and O–H groups in total. The van der Waals surface area contributed by atoms with Crippen LogP contribution < -0.4 is 21.2 Å². The molecule has 154 valence electrons. The summed E-state index contributed by atoms with van der Waals surface area (Å²) in [6, 6.07) is 9.28. The summed E-state index contributed by atoms with van der Waals surface area (Å²) < 4.78 is 5.48. The molecule has 2 heterocycles. The summed E-state index contributed by atoms with van der Waals surface area (Å²) in [5.41, 5.74) is 1.73. The molecule has 1 amide bonds. The number of hydrogen-bond acceptors (Lipinski definition) is 5. The zero-order valence-electron chi connectivity index (χ0n) is 16.3. The number of aryl methyl sites for hydroxylation is 1. The normalized spacial score (nSPS) is 15.8. The zero-order valence-corrected chi connectivity index (χ0v) is 17.9. The fourth-order valence-corrected chi connectivity index (χ4v) is 3.26. The molecule has 0 radical (unpaired) electrons. The number of carbonyl (C=O) groups excluding carboxylic acids is 1. The summed E-state index contributed by atoms with van der Waals surface area (Å²) >= 11 is 0. The zero-order chi connectivity index (χ0) is 18.7. The topological polar surface area (TPSA) is 74.6 Å². The van der Waals surface area contributed by atoms with Crippen LogP contribution in [0.25, 0.3) is 0 Å². The third kappa shape index (κ3) is 5.50. The van der Waals surface area contributed by atoms with Gasteiger partial charge in [-0.15, -0.1) is 24.8 Å². The van der Waals surface area contributed by atoms with Crippen molar-refractivity contribution in [3.05, 3.63) is 57.6 Å². The Morgan fingerprint density at radius 1 is 1.25 bits per heavy atom. The molecule has 28 heavy (non-hydrogen) atoms. The smallest absolute Gasteiger partial charge is 0.349 e. The average molecular weight is 428 g/mol. The lowest BCUT2D eigenvalue weighted by Gasteiger charge is -2.22. The van der Waals surface area contributed by atoms with E-state index in [1.807, 2.05) is 43.3 Å². The standard InChI is InChI=1S/C20H25N3O3.2ClH/c1-13-10-17(14-6-5-9-21-12-14)26-20(25)18(13)19(24)22-15-7-4-8-16(11-15)23(2)3;;/h4,7-8,10-11,14,21H,5-6,9,12H2,1-3H3,(H,22,24);2*1H. The van der Waals surface area contributed by atoms with E-state index in [4.69, 9.17) is 4.42 Å². The first-order valence-electron chi connectivity index (χ1n) is 8.90. The first kappa shape index (κ1) is 24.0. The summed E-state index contributed by atoms with van der Waals surface area (Å²) in [7, 11) is 3.86. The van der Waals surface area contributed by atoms with Crippen LogP contribution in [0.3, 0.4) is 0 Å². The highest BCUT2D eigenvalue weighted by Gasteiger charge is 2.22. The number of halogens is 2. The molecule has 2 aromatic rings. The Hall–Kier alpha value is -2.02. The minimum atomic E-state index is -0.577. The Balaban J connectivity index is 0.00000196. The monoisotopic (exact) mass is 427 g/mol. The molecule has 1 aromatic carbocycles. The Morgan fingerprint density at radius 3 is 2.61 bits per heavy atom. The van der Waals surface area contributed by atoms with E-state index in [0.29, 0.717) is 17.0 Å². The fraction of sp³-hybridized carbons (Fsp3) is 0.400. The highest BCUT2D eigenvalue weighted by atomic mass is 35.5. The third-order valence-electron chi connectivity index (χ3n) is 4.71. The molecule has 0 saturated carbocycles. The van der Waals surface area contributed by atoms with Crippen molar-refractivity contribution in [1.29, 1.82) is 0 Å². The lowest BCUT2D eigenvalue weighted by molar-refractivity contribution is 0.102. The molecule has 8 heteroatoms. The summed E-state index contributed by atoms with van der Waals surface area (Å²) in [5, 5.41) is 6.11. The summed E-state index contributed by atoms with van der Waals surface area (Å²) in [5.74, 6) is 0.398. The van der Waals surface area contributed by atoms with Gasteiger partial charge in [0.1, 0.15) is 11.3 Å². The Morgan fingerprint density at radius 2 is 2.00 bits per heavy atom. The number of hydrogen-bond donors (Lipinski definition) is 2. The highest BCUT2D eigenvalue weighted by Crippen LogP contribution is 2.24. The van der Waals surface area contributed by atoms with Gasteiger partial charge in [0.15, 0.2) is 0 Å². The van der Waals surface area contributed by atoms with Crippen molar-refractivity contribution in [2.45, 2.75) is 25.7 Å². The van der Waals surface area contributed by atoms with Crippen LogP contribution in [0.2, 0.25) is 0 Å². The number of rotatable bonds is 4. The second-order valence-electron chi connectivity index (χ2n) is 6.94. The van der Waals surface area contributed by atoms with Gasteiger partial charge in [0.05, 0.1) is 0 Å². The molecule has 0 bridgehead atoms. The molecule has 1 fully saturated rings. The average Bonchev–Trinajstić information content (AvgIpc) is 2.62. The second-order valence-corrected chi connectivity index (χ2v) is 6.94. The minimum absolute atomic E-state index is 0. The van der Waals surface area contributed by atoms with Gasteiger partial charge in [-0.1, -0.05) is 6.07 Å². The van der Waals surface area contributed by atoms with E-state index >= 15 is 0 Å². The molecule has 0 aliphatic carbocycles. The van der Waals surface area contributed by atoms with E-state index in [1.165, 1.54) is 0 Å². The number of piperidine rings is 1. The van der Waals surface area contributed by atoms with Gasteiger partial charge in [0.25, 0.3) is 5.91 Å². The van der Waals surface area contributed by atoms with Crippen molar-refractivity contribution in [2.24, 2.45) is 0 Å². The van der Waals surface area contributed by atoms with E-state index < -0.39 is 11.5 Å². The van der Waals surface area contributed by atoms with E-state index in [9.17, 15) is 9.59 Å². The summed E-state index contributed by atoms with van der Waals surface area (Å²) in [6.45, 7) is 3.57. The third-order valence-corrected chi connectivity index (χ3v) is 4.71. The molecule has 6 nitrogen and oxygen atoms in total. The first-order chi connectivity index (χ1) is 12.5. The number of benzene rings is 1. The molecule has 1 unspecified atom stereocenters. The maximum absolute atomic E-state index is 12.6. The van der Waals surface area contributed by atoms with Gasteiger partial charge in [-0.2, -0.15) is 0 Å². The summed E-state index contributed by atoms with van der Waals surface area (Å²) in [4.78, 5) is 27.0. The Kier molecular flexibility index (Phi) is 9.01. The van der Waals surface area contributed by atoms with E-state index in [1.54, 1.807) is 13.0 Å². The molecule has 1 aromatic heterocycles. The van der Waals surface area contributed by atoms with Gasteiger partial charge in [-0.3, -0.25) is 4.79 Å². The predicted molar refractivity (Wildman–Crippen MR) is 118 cm³/mol. The van der Waals surface area contributed by atoms with Crippen LogP contribution in [0.5, 0.6) is 0 Å². The largest absolute Gasteiger partial charge is 0.427 e. The second kappa shape index (κ2) is 10.5. The number of nitrogens with zero attached hydrogens (tertiary/aromatic N) is 1. The number of amides is 1. The first-order valence-corrected chi connectivity index (χ1v) is 8.90. The molecule has 3 rings (SSSR count). The molecule has 0 spiro atoms. The molecule has 1 aliphatic heterocycles. The van der Waals surface area contributed by atoms with Gasteiger partial charge >= 0.3 is 5.63 Å². The van der Waals surface area contributed by atoms with Crippen molar-refractivity contribution in [3.8, 4) is 0 Å². The predicted octanol–water partition coefficient (Wildman–Crippen LogP) is 3.58. The molecular weight excluding hydrogens is 401 g/mol. The van der Waals surface area contributed by atoms with Gasteiger partial charge < -0.3 is 20.0 Å². The van der Waals surface area contributed by atoms with E-state index in [-0.39, 0.29) is 36.3 Å². The fourth-order valence-electron chi connectivity index (χ4n) is 3.26. The van der Waals surface area contributed by atoms with Crippen LogP contribution in [-0.2, 0) is 0 Å². The van der Waals surface area contributed by atoms with E-state index in [0.717, 1.165) is 31.6 Å². The van der Waals surface area contributed by atoms with Crippen molar-refractivity contribution < 1.29 is 9.21 Å². The Labute approximate surface area is 177 Å². The maximum Gasteiger partial charge on any atom is 0.349 e. The van der Waals surface area contributed by atoms with Crippen LogP contribution in [-0.4, -0.2) is 33.1 Å². The molecule has 1 aliphatic rings. The Bertz CT molecular complexity index is 862. The highest BCUT2D eigenvalue weighted by molar-refractivity contribution is 6.05. The van der Waals surface area contributed by atoms with Crippen molar-refractivity contribution in [3.63, 3.8) is 0 Å². The van der Waals surface area contributed by atoms with Gasteiger partial charge in [-0.25, -0.2) is 4.79 Å². The van der Waals surface area contributed by atoms with Crippen molar-refractivity contribution in [2.75, 3.05) is 37.4 Å². The number of anilines is 2. The van der Waals surface area contributed by atoms with Crippen LogP contribution in [0.4, 0.5) is 11.4 Å². The van der Waals surface area contributed by atoms with Gasteiger partial charge in [-0.05, 0) is 56.1 Å². The lowest BCUT2D eigenvalue weighted by atomic mass is 9.95. The number of nitrogens with one attached hydrogen (secondary N) is 2. The van der Waals surface area contributed by atoms with Crippen molar-refractivity contribution in [1.82, 2.24) is 5.32 Å². The summed E-state index contributed by atoms with van der Waals surface area (Å²) in [6.07, 6.45) is 2.04. The SMILES string of the molecule is Cc1cc(C2CCCNC2)oc(=O)c1C(=O)Nc1cccc(N(C)C)c1.Cl.Cl. The molecule has 1 saturated heterocycles. The van der Waals surface area contributed by atoms with Gasteiger partial charge in [0.2, 0.25) is 0 Å². The van der Waals surface area contributed by atoms with Gasteiger partial charge in [0, 0.05) is 37.9 Å². The van der Waals surface area contributed by atoms with E-state index in [2.05, 4.69) is 10.6 Å². The number of carbonyl (C=O) groups is 1.